The van der Waals surface area contributed by atoms with Crippen molar-refractivity contribution < 1.29 is 9.90 Å². The van der Waals surface area contributed by atoms with Crippen molar-refractivity contribution in [3.05, 3.63) is 0 Å². The molecule has 114 valence electrons. The number of hydrogen-bond donors (Lipinski definition) is 2. The highest BCUT2D eigenvalue weighted by Gasteiger charge is 2.54. The fourth-order valence-corrected chi connectivity index (χ4v) is 3.17. The monoisotopic (exact) mass is 280 g/mol. The number of carbonyl (C=O) groups is 1. The SMILES string of the molecule is CC(C)N(CC1CC1)CC(NC1CC1)(C(=O)O)C1CC1. The van der Waals surface area contributed by atoms with Crippen LogP contribution >= 0.6 is 0 Å². The average molecular weight is 280 g/mol. The molecule has 4 heteroatoms. The first-order valence-electron chi connectivity index (χ1n) is 8.26. The molecule has 0 radical (unpaired) electrons. The molecular weight excluding hydrogens is 252 g/mol. The predicted molar refractivity (Wildman–Crippen MR) is 78.7 cm³/mol. The predicted octanol–water partition coefficient (Wildman–Crippen LogP) is 2.09. The summed E-state index contributed by atoms with van der Waals surface area (Å²) < 4.78 is 0. The zero-order valence-corrected chi connectivity index (χ0v) is 12.8. The van der Waals surface area contributed by atoms with Gasteiger partial charge in [0.2, 0.25) is 0 Å². The summed E-state index contributed by atoms with van der Waals surface area (Å²) in [5.74, 6) is 0.512. The Labute approximate surface area is 121 Å². The summed E-state index contributed by atoms with van der Waals surface area (Å²) >= 11 is 0. The second kappa shape index (κ2) is 5.30. The minimum absolute atomic E-state index is 0.334. The molecule has 0 saturated heterocycles. The molecule has 2 N–H and O–H groups in total. The van der Waals surface area contributed by atoms with Gasteiger partial charge >= 0.3 is 5.97 Å². The number of hydrogen-bond acceptors (Lipinski definition) is 3. The van der Waals surface area contributed by atoms with Crippen LogP contribution in [-0.2, 0) is 4.79 Å². The molecule has 3 saturated carbocycles. The Morgan fingerprint density at radius 2 is 1.90 bits per heavy atom. The van der Waals surface area contributed by atoms with Gasteiger partial charge in [-0.15, -0.1) is 0 Å². The first kappa shape index (κ1) is 14.3. The number of nitrogens with one attached hydrogen (secondary N) is 1. The van der Waals surface area contributed by atoms with Crippen LogP contribution in [0.5, 0.6) is 0 Å². The van der Waals surface area contributed by atoms with Crippen molar-refractivity contribution in [2.24, 2.45) is 11.8 Å². The lowest BCUT2D eigenvalue weighted by Crippen LogP contribution is -2.62. The van der Waals surface area contributed by atoms with Crippen LogP contribution in [0.1, 0.15) is 52.4 Å². The highest BCUT2D eigenvalue weighted by molar-refractivity contribution is 5.80. The van der Waals surface area contributed by atoms with Gasteiger partial charge < -0.3 is 5.11 Å². The molecule has 3 rings (SSSR count). The Balaban J connectivity index is 1.73. The molecule has 3 fully saturated rings. The van der Waals surface area contributed by atoms with Gasteiger partial charge in [0.05, 0.1) is 0 Å². The smallest absolute Gasteiger partial charge is 0.325 e. The van der Waals surface area contributed by atoms with E-state index in [1.165, 1.54) is 12.8 Å². The molecule has 0 aliphatic heterocycles. The average Bonchev–Trinajstić information content (AvgIpc) is 3.24. The van der Waals surface area contributed by atoms with Crippen molar-refractivity contribution in [1.29, 1.82) is 0 Å². The maximum absolute atomic E-state index is 12.0. The molecule has 3 aliphatic carbocycles. The van der Waals surface area contributed by atoms with Crippen molar-refractivity contribution in [3.63, 3.8) is 0 Å². The summed E-state index contributed by atoms with van der Waals surface area (Å²) in [6.07, 6.45) is 7.08. The zero-order chi connectivity index (χ0) is 14.3. The Hall–Kier alpha value is -0.610. The second-order valence-corrected chi connectivity index (χ2v) is 7.44. The van der Waals surface area contributed by atoms with Gasteiger partial charge in [0.15, 0.2) is 0 Å². The molecule has 4 nitrogen and oxygen atoms in total. The zero-order valence-electron chi connectivity index (χ0n) is 12.8. The van der Waals surface area contributed by atoms with Gasteiger partial charge in [-0.1, -0.05) is 0 Å². The van der Waals surface area contributed by atoms with Gasteiger partial charge in [-0.2, -0.15) is 0 Å². The fourth-order valence-electron chi connectivity index (χ4n) is 3.17. The van der Waals surface area contributed by atoms with Gasteiger partial charge in [-0.3, -0.25) is 15.0 Å². The van der Waals surface area contributed by atoms with E-state index in [-0.39, 0.29) is 0 Å². The van der Waals surface area contributed by atoms with E-state index in [0.717, 1.165) is 38.1 Å². The molecule has 1 atom stereocenters. The molecule has 20 heavy (non-hydrogen) atoms. The number of aliphatic carboxylic acids is 1. The summed E-state index contributed by atoms with van der Waals surface area (Å²) in [5.41, 5.74) is -0.694. The topological polar surface area (TPSA) is 52.6 Å². The minimum atomic E-state index is -0.694. The van der Waals surface area contributed by atoms with E-state index >= 15 is 0 Å². The summed E-state index contributed by atoms with van der Waals surface area (Å²) in [6, 6.07) is 0.871. The van der Waals surface area contributed by atoms with Crippen LogP contribution in [0.4, 0.5) is 0 Å². The largest absolute Gasteiger partial charge is 0.480 e. The van der Waals surface area contributed by atoms with E-state index < -0.39 is 11.5 Å². The van der Waals surface area contributed by atoms with Crippen molar-refractivity contribution in [1.82, 2.24) is 10.2 Å². The molecule has 0 bridgehead atoms. The van der Waals surface area contributed by atoms with E-state index in [1.807, 2.05) is 0 Å². The second-order valence-electron chi connectivity index (χ2n) is 7.44. The molecule has 0 amide bonds. The first-order valence-corrected chi connectivity index (χ1v) is 8.26. The molecule has 0 aromatic rings. The van der Waals surface area contributed by atoms with Gasteiger partial charge in [0.1, 0.15) is 5.54 Å². The molecule has 3 aliphatic rings. The molecule has 0 spiro atoms. The number of rotatable bonds is 9. The summed E-state index contributed by atoms with van der Waals surface area (Å²) in [6.45, 7) is 6.14. The van der Waals surface area contributed by atoms with Crippen LogP contribution in [0.25, 0.3) is 0 Å². The molecular formula is C16H28N2O2. The molecule has 0 heterocycles. The van der Waals surface area contributed by atoms with Gasteiger partial charge in [-0.05, 0) is 64.2 Å². The Kier molecular flexibility index (Phi) is 3.80. The maximum Gasteiger partial charge on any atom is 0.325 e. The van der Waals surface area contributed by atoms with Crippen molar-refractivity contribution in [2.75, 3.05) is 13.1 Å². The van der Waals surface area contributed by atoms with E-state index in [9.17, 15) is 9.90 Å². The Morgan fingerprint density at radius 1 is 1.25 bits per heavy atom. The molecule has 0 aromatic heterocycles. The lowest BCUT2D eigenvalue weighted by atomic mass is 9.91. The van der Waals surface area contributed by atoms with Crippen molar-refractivity contribution in [2.45, 2.75) is 70.0 Å². The fraction of sp³-hybridized carbons (Fsp3) is 0.938. The third kappa shape index (κ3) is 3.17. The van der Waals surface area contributed by atoms with Crippen LogP contribution in [-0.4, -0.2) is 46.7 Å². The number of carboxylic acid groups (broad SMARTS) is 1. The number of carboxylic acids is 1. The van der Waals surface area contributed by atoms with Crippen LogP contribution in [0.15, 0.2) is 0 Å². The summed E-state index contributed by atoms with van der Waals surface area (Å²) in [7, 11) is 0. The highest BCUT2D eigenvalue weighted by Crippen LogP contribution is 2.43. The van der Waals surface area contributed by atoms with Gasteiger partial charge in [-0.25, -0.2) is 0 Å². The molecule has 1 unspecified atom stereocenters. The van der Waals surface area contributed by atoms with Crippen LogP contribution in [0.2, 0.25) is 0 Å². The van der Waals surface area contributed by atoms with Crippen LogP contribution < -0.4 is 5.32 Å². The number of nitrogens with zero attached hydrogens (tertiary/aromatic N) is 1. The Bertz CT molecular complexity index is 373. The first-order chi connectivity index (χ1) is 9.51. The summed E-state index contributed by atoms with van der Waals surface area (Å²) in [4.78, 5) is 14.4. The maximum atomic E-state index is 12.0. The van der Waals surface area contributed by atoms with E-state index in [2.05, 4.69) is 24.1 Å². The lowest BCUT2D eigenvalue weighted by molar-refractivity contribution is -0.147. The standard InChI is InChI=1S/C16H28N2O2/c1-11(2)18(9-12-3-4-12)10-16(15(19)20,13-5-6-13)17-14-7-8-14/h11-14,17H,3-10H2,1-2H3,(H,19,20). The van der Waals surface area contributed by atoms with Crippen molar-refractivity contribution in [3.8, 4) is 0 Å². The third-order valence-corrected chi connectivity index (χ3v) is 5.07. The van der Waals surface area contributed by atoms with Gasteiger partial charge in [0.25, 0.3) is 0 Å². The normalized spacial score (nSPS) is 26.0. The van der Waals surface area contributed by atoms with E-state index in [4.69, 9.17) is 0 Å². The highest BCUT2D eigenvalue weighted by atomic mass is 16.4. The van der Waals surface area contributed by atoms with Crippen LogP contribution in [0, 0.1) is 11.8 Å². The minimum Gasteiger partial charge on any atom is -0.480 e. The third-order valence-electron chi connectivity index (χ3n) is 5.07. The van der Waals surface area contributed by atoms with Crippen LogP contribution in [0.3, 0.4) is 0 Å². The van der Waals surface area contributed by atoms with Crippen molar-refractivity contribution >= 4 is 5.97 Å². The summed E-state index contributed by atoms with van der Waals surface area (Å²) in [5, 5.41) is 13.4. The lowest BCUT2D eigenvalue weighted by Gasteiger charge is -2.38. The van der Waals surface area contributed by atoms with E-state index in [1.54, 1.807) is 0 Å². The quantitative estimate of drug-likeness (QED) is 0.679. The van der Waals surface area contributed by atoms with E-state index in [0.29, 0.717) is 24.5 Å². The van der Waals surface area contributed by atoms with Gasteiger partial charge in [0, 0.05) is 25.2 Å². The Morgan fingerprint density at radius 3 is 2.30 bits per heavy atom. The molecule has 0 aromatic carbocycles.